The molecule has 3 heteroatoms. The Balaban J connectivity index is 1.07. The third kappa shape index (κ3) is 4.68. The van der Waals surface area contributed by atoms with E-state index in [0.717, 1.165) is 44.7 Å². The summed E-state index contributed by atoms with van der Waals surface area (Å²) in [5, 5.41) is 9.79. The molecule has 2 heterocycles. The molecule has 0 saturated heterocycles. The molecule has 2 aromatic heterocycles. The highest BCUT2D eigenvalue weighted by molar-refractivity contribution is 6.21. The van der Waals surface area contributed by atoms with E-state index in [1.54, 1.807) is 0 Å². The Labute approximate surface area is 306 Å². The lowest BCUT2D eigenvalue weighted by Crippen LogP contribution is -2.10. The summed E-state index contributed by atoms with van der Waals surface area (Å²) in [6, 6.07) is 69.8. The van der Waals surface area contributed by atoms with E-state index in [1.807, 2.05) is 12.1 Å². The fraction of sp³-hybridized carbons (Fsp3) is 0. The lowest BCUT2D eigenvalue weighted by molar-refractivity contribution is 0.669. The van der Waals surface area contributed by atoms with Crippen LogP contribution in [0, 0.1) is 0 Å². The summed E-state index contributed by atoms with van der Waals surface area (Å²) in [5.74, 6) is 0. The van der Waals surface area contributed by atoms with E-state index < -0.39 is 0 Å². The maximum Gasteiger partial charge on any atom is 0.135 e. The van der Waals surface area contributed by atoms with Gasteiger partial charge in [0, 0.05) is 44.3 Å². The van der Waals surface area contributed by atoms with Gasteiger partial charge in [0.25, 0.3) is 0 Å². The SMILES string of the molecule is c1ccc2c(-c3ccc(N(c4ccc(-n5c6ccccc6c6c7ccccc7ccc65)cc4)c4ccc5oc6ccccc6c5c4)cc3)cccc2c1. The first-order valence-electron chi connectivity index (χ1n) is 18.1. The molecule has 0 saturated carbocycles. The van der Waals surface area contributed by atoms with Crippen LogP contribution in [0.15, 0.2) is 199 Å². The smallest absolute Gasteiger partial charge is 0.135 e. The van der Waals surface area contributed by atoms with Gasteiger partial charge in [0.05, 0.1) is 11.0 Å². The van der Waals surface area contributed by atoms with Crippen LogP contribution in [-0.4, -0.2) is 4.57 Å². The van der Waals surface area contributed by atoms with Crippen LogP contribution in [0.2, 0.25) is 0 Å². The standard InChI is InChI=1S/C50H32N2O/c1-3-13-40-33(10-1)12-9-17-41(40)35-20-23-36(24-21-35)51(39-29-31-49-45(32-39)43-15-6-8-19-48(43)53-49)37-25-27-38(28-26-37)52-46-18-7-5-16-44(46)50-42-14-4-2-11-34(42)22-30-47(50)52/h1-32H. The number of anilines is 3. The van der Waals surface area contributed by atoms with Crippen molar-refractivity contribution in [1.29, 1.82) is 0 Å². The molecular weight excluding hydrogens is 645 g/mol. The van der Waals surface area contributed by atoms with Crippen LogP contribution in [0.3, 0.4) is 0 Å². The van der Waals surface area contributed by atoms with Crippen LogP contribution < -0.4 is 4.90 Å². The maximum absolute atomic E-state index is 6.23. The minimum Gasteiger partial charge on any atom is -0.456 e. The summed E-state index contributed by atoms with van der Waals surface area (Å²) in [4.78, 5) is 2.34. The van der Waals surface area contributed by atoms with Gasteiger partial charge in [-0.15, -0.1) is 0 Å². The largest absolute Gasteiger partial charge is 0.456 e. The van der Waals surface area contributed by atoms with E-state index >= 15 is 0 Å². The number of hydrogen-bond donors (Lipinski definition) is 0. The molecular formula is C50H32N2O. The molecule has 0 aliphatic rings. The van der Waals surface area contributed by atoms with Crippen molar-refractivity contribution in [3.05, 3.63) is 194 Å². The molecule has 0 N–H and O–H groups in total. The number of nitrogens with zero attached hydrogens (tertiary/aromatic N) is 2. The summed E-state index contributed by atoms with van der Waals surface area (Å²) < 4.78 is 8.63. The second kappa shape index (κ2) is 11.7. The monoisotopic (exact) mass is 676 g/mol. The predicted octanol–water partition coefficient (Wildman–Crippen LogP) is 14.1. The quantitative estimate of drug-likeness (QED) is 0.181. The van der Waals surface area contributed by atoms with Gasteiger partial charge in [-0.3, -0.25) is 0 Å². The van der Waals surface area contributed by atoms with E-state index in [4.69, 9.17) is 4.42 Å². The minimum absolute atomic E-state index is 0.885. The molecule has 11 aromatic rings. The van der Waals surface area contributed by atoms with Gasteiger partial charge in [-0.05, 0) is 105 Å². The van der Waals surface area contributed by atoms with Gasteiger partial charge in [0.2, 0.25) is 0 Å². The van der Waals surface area contributed by atoms with Crippen molar-refractivity contribution in [1.82, 2.24) is 4.57 Å². The first-order valence-corrected chi connectivity index (χ1v) is 18.1. The Morgan fingerprint density at radius 3 is 1.79 bits per heavy atom. The van der Waals surface area contributed by atoms with E-state index in [2.05, 4.69) is 191 Å². The van der Waals surface area contributed by atoms with Crippen LogP contribution >= 0.6 is 0 Å². The van der Waals surface area contributed by atoms with Gasteiger partial charge in [-0.1, -0.05) is 121 Å². The molecule has 0 atom stereocenters. The molecule has 0 amide bonds. The van der Waals surface area contributed by atoms with Crippen molar-refractivity contribution in [2.45, 2.75) is 0 Å². The topological polar surface area (TPSA) is 21.3 Å². The number of benzene rings is 9. The number of para-hydroxylation sites is 2. The Morgan fingerprint density at radius 2 is 0.981 bits per heavy atom. The van der Waals surface area contributed by atoms with Crippen molar-refractivity contribution in [2.75, 3.05) is 4.90 Å². The lowest BCUT2D eigenvalue weighted by Gasteiger charge is -2.26. The Hall–Kier alpha value is -7.10. The third-order valence-electron chi connectivity index (χ3n) is 10.8. The van der Waals surface area contributed by atoms with Gasteiger partial charge >= 0.3 is 0 Å². The van der Waals surface area contributed by atoms with E-state index in [9.17, 15) is 0 Å². The lowest BCUT2D eigenvalue weighted by atomic mass is 9.98. The van der Waals surface area contributed by atoms with Crippen LogP contribution in [0.1, 0.15) is 0 Å². The van der Waals surface area contributed by atoms with Crippen molar-refractivity contribution < 1.29 is 4.42 Å². The van der Waals surface area contributed by atoms with Crippen LogP contribution in [0.4, 0.5) is 17.1 Å². The highest BCUT2D eigenvalue weighted by Crippen LogP contribution is 2.41. The molecule has 3 nitrogen and oxygen atoms in total. The van der Waals surface area contributed by atoms with E-state index in [1.165, 1.54) is 54.5 Å². The van der Waals surface area contributed by atoms with Crippen molar-refractivity contribution in [3.8, 4) is 16.8 Å². The summed E-state index contributed by atoms with van der Waals surface area (Å²) in [6.07, 6.45) is 0. The van der Waals surface area contributed by atoms with Gasteiger partial charge in [0.15, 0.2) is 0 Å². The number of aromatic nitrogens is 1. The third-order valence-corrected chi connectivity index (χ3v) is 10.8. The first kappa shape index (κ1) is 29.6. The zero-order valence-corrected chi connectivity index (χ0v) is 28.8. The first-order chi connectivity index (χ1) is 26.3. The summed E-state index contributed by atoms with van der Waals surface area (Å²) >= 11 is 0. The summed E-state index contributed by atoms with van der Waals surface area (Å²) in [5.41, 5.74) is 11.0. The molecule has 0 spiro atoms. The summed E-state index contributed by atoms with van der Waals surface area (Å²) in [7, 11) is 0. The second-order valence-corrected chi connectivity index (χ2v) is 13.7. The minimum atomic E-state index is 0.885. The summed E-state index contributed by atoms with van der Waals surface area (Å²) in [6.45, 7) is 0. The fourth-order valence-electron chi connectivity index (χ4n) is 8.34. The molecule has 0 bridgehead atoms. The van der Waals surface area contributed by atoms with E-state index in [-0.39, 0.29) is 0 Å². The van der Waals surface area contributed by atoms with Crippen molar-refractivity contribution in [3.63, 3.8) is 0 Å². The molecule has 9 aromatic carbocycles. The van der Waals surface area contributed by atoms with Crippen LogP contribution in [0.5, 0.6) is 0 Å². The zero-order valence-electron chi connectivity index (χ0n) is 28.8. The van der Waals surface area contributed by atoms with Crippen molar-refractivity contribution >= 4 is 82.4 Å². The van der Waals surface area contributed by atoms with E-state index in [0.29, 0.717) is 0 Å². The van der Waals surface area contributed by atoms with Gasteiger partial charge in [-0.25, -0.2) is 0 Å². The van der Waals surface area contributed by atoms with Crippen LogP contribution in [-0.2, 0) is 0 Å². The maximum atomic E-state index is 6.23. The number of rotatable bonds is 5. The molecule has 0 aliphatic heterocycles. The predicted molar refractivity (Wildman–Crippen MR) is 223 cm³/mol. The second-order valence-electron chi connectivity index (χ2n) is 13.7. The molecule has 0 radical (unpaired) electrons. The molecule has 0 aliphatic carbocycles. The Bertz CT molecular complexity index is 3160. The number of hydrogen-bond acceptors (Lipinski definition) is 2. The van der Waals surface area contributed by atoms with Crippen molar-refractivity contribution in [2.24, 2.45) is 0 Å². The highest BCUT2D eigenvalue weighted by Gasteiger charge is 2.18. The average Bonchev–Trinajstić information content (AvgIpc) is 3.77. The fourth-order valence-corrected chi connectivity index (χ4v) is 8.34. The van der Waals surface area contributed by atoms with Crippen LogP contribution in [0.25, 0.3) is 82.1 Å². The number of fused-ring (bicyclic) bond motifs is 9. The van der Waals surface area contributed by atoms with Gasteiger partial charge < -0.3 is 13.9 Å². The number of furan rings is 1. The average molecular weight is 677 g/mol. The van der Waals surface area contributed by atoms with Gasteiger partial charge in [-0.2, -0.15) is 0 Å². The molecule has 11 rings (SSSR count). The molecule has 53 heavy (non-hydrogen) atoms. The van der Waals surface area contributed by atoms with Gasteiger partial charge in [0.1, 0.15) is 11.2 Å². The molecule has 248 valence electrons. The highest BCUT2D eigenvalue weighted by atomic mass is 16.3. The normalized spacial score (nSPS) is 11.8. The Morgan fingerprint density at radius 1 is 0.377 bits per heavy atom. The molecule has 0 fully saturated rings. The zero-order chi connectivity index (χ0) is 34.9. The molecule has 0 unspecified atom stereocenters. The Kier molecular flexibility index (Phi) is 6.55.